The van der Waals surface area contributed by atoms with Gasteiger partial charge in [-0.15, -0.1) is 0 Å². The molecule has 0 bridgehead atoms. The molecule has 104 valence electrons. The number of nitrogens with one attached hydrogen (secondary N) is 1. The van der Waals surface area contributed by atoms with Gasteiger partial charge in [-0.3, -0.25) is 4.79 Å². The zero-order chi connectivity index (χ0) is 13.5. The van der Waals surface area contributed by atoms with E-state index in [4.69, 9.17) is 0 Å². The van der Waals surface area contributed by atoms with E-state index in [9.17, 15) is 4.79 Å². The number of piperidine rings is 1. The van der Waals surface area contributed by atoms with Crippen molar-refractivity contribution in [1.82, 2.24) is 10.2 Å². The second-order valence-electron chi connectivity index (χ2n) is 5.41. The fourth-order valence-electron chi connectivity index (χ4n) is 2.55. The van der Waals surface area contributed by atoms with E-state index in [1.807, 2.05) is 42.3 Å². The predicted octanol–water partition coefficient (Wildman–Crippen LogP) is 2.22. The molecule has 2 rings (SSSR count). The highest BCUT2D eigenvalue weighted by Crippen LogP contribution is 2.11. The van der Waals surface area contributed by atoms with Gasteiger partial charge >= 0.3 is 0 Å². The summed E-state index contributed by atoms with van der Waals surface area (Å²) in [7, 11) is 1.91. The minimum atomic E-state index is 0.210. The number of nitrogens with zero attached hydrogens (tertiary/aromatic N) is 1. The molecular formula is C16H24N2O. The maximum absolute atomic E-state index is 12.1. The summed E-state index contributed by atoms with van der Waals surface area (Å²) >= 11 is 0. The average molecular weight is 260 g/mol. The van der Waals surface area contributed by atoms with Crippen molar-refractivity contribution >= 4 is 5.91 Å². The molecule has 1 aliphatic heterocycles. The Morgan fingerprint density at radius 1 is 1.32 bits per heavy atom. The lowest BCUT2D eigenvalue weighted by molar-refractivity contribution is -0.129. The zero-order valence-electron chi connectivity index (χ0n) is 11.8. The summed E-state index contributed by atoms with van der Waals surface area (Å²) in [5.41, 5.74) is 1.09. The lowest BCUT2D eigenvalue weighted by Crippen LogP contribution is -2.38. The maximum Gasteiger partial charge on any atom is 0.226 e. The summed E-state index contributed by atoms with van der Waals surface area (Å²) in [6.45, 7) is 1.98. The summed E-state index contributed by atoms with van der Waals surface area (Å²) in [6.07, 6.45) is 5.44. The normalized spacial score (nSPS) is 19.1. The predicted molar refractivity (Wildman–Crippen MR) is 78.0 cm³/mol. The third-order valence-corrected chi connectivity index (χ3v) is 3.85. The van der Waals surface area contributed by atoms with E-state index < -0.39 is 0 Å². The molecule has 1 amide bonds. The smallest absolute Gasteiger partial charge is 0.226 e. The first kappa shape index (κ1) is 14.1. The molecule has 0 saturated carbocycles. The largest absolute Gasteiger partial charge is 0.345 e. The van der Waals surface area contributed by atoms with Crippen LogP contribution in [0.25, 0.3) is 0 Å². The molecule has 1 fully saturated rings. The SMILES string of the molecule is CN(CCC1CCCCN1)C(=O)Cc1ccccc1. The number of rotatable bonds is 5. The highest BCUT2D eigenvalue weighted by Gasteiger charge is 2.15. The van der Waals surface area contributed by atoms with Crippen LogP contribution in [0.1, 0.15) is 31.2 Å². The first-order chi connectivity index (χ1) is 9.25. The van der Waals surface area contributed by atoms with Crippen LogP contribution in [0.3, 0.4) is 0 Å². The Balaban J connectivity index is 1.73. The molecule has 1 N–H and O–H groups in total. The fourth-order valence-corrected chi connectivity index (χ4v) is 2.55. The molecule has 1 atom stereocenters. The van der Waals surface area contributed by atoms with Crippen LogP contribution in [0.4, 0.5) is 0 Å². The van der Waals surface area contributed by atoms with Crippen molar-refractivity contribution in [3.8, 4) is 0 Å². The standard InChI is InChI=1S/C16H24N2O/c1-18(12-10-15-9-5-6-11-17-15)16(19)13-14-7-3-2-4-8-14/h2-4,7-8,15,17H,5-6,9-13H2,1H3. The topological polar surface area (TPSA) is 32.3 Å². The summed E-state index contributed by atoms with van der Waals surface area (Å²) < 4.78 is 0. The molecule has 19 heavy (non-hydrogen) atoms. The van der Waals surface area contributed by atoms with E-state index >= 15 is 0 Å². The Morgan fingerprint density at radius 2 is 2.11 bits per heavy atom. The number of likely N-dealkylation sites (N-methyl/N-ethyl adjacent to an activating group) is 1. The maximum atomic E-state index is 12.1. The van der Waals surface area contributed by atoms with Gasteiger partial charge in [0, 0.05) is 19.6 Å². The van der Waals surface area contributed by atoms with Crippen molar-refractivity contribution in [2.24, 2.45) is 0 Å². The molecule has 1 aliphatic rings. The lowest BCUT2D eigenvalue weighted by Gasteiger charge is -2.26. The van der Waals surface area contributed by atoms with Crippen LogP contribution in [0, 0.1) is 0 Å². The van der Waals surface area contributed by atoms with E-state index in [1.54, 1.807) is 0 Å². The third-order valence-electron chi connectivity index (χ3n) is 3.85. The molecule has 0 radical (unpaired) electrons. The highest BCUT2D eigenvalue weighted by molar-refractivity contribution is 5.78. The van der Waals surface area contributed by atoms with Crippen molar-refractivity contribution in [3.63, 3.8) is 0 Å². The Hall–Kier alpha value is -1.35. The van der Waals surface area contributed by atoms with E-state index in [0.717, 1.165) is 25.1 Å². The molecule has 1 aromatic rings. The Morgan fingerprint density at radius 3 is 2.79 bits per heavy atom. The van der Waals surface area contributed by atoms with Crippen molar-refractivity contribution in [2.45, 2.75) is 38.1 Å². The van der Waals surface area contributed by atoms with Gasteiger partial charge in [0.05, 0.1) is 6.42 Å². The van der Waals surface area contributed by atoms with Gasteiger partial charge in [0.1, 0.15) is 0 Å². The van der Waals surface area contributed by atoms with Crippen LogP contribution in [0.5, 0.6) is 0 Å². The van der Waals surface area contributed by atoms with E-state index in [0.29, 0.717) is 12.5 Å². The van der Waals surface area contributed by atoms with Crippen LogP contribution in [-0.2, 0) is 11.2 Å². The average Bonchev–Trinajstić information content (AvgIpc) is 2.47. The number of carbonyl (C=O) groups excluding carboxylic acids is 1. The molecule has 1 heterocycles. The van der Waals surface area contributed by atoms with Gasteiger partial charge in [0.15, 0.2) is 0 Å². The summed E-state index contributed by atoms with van der Waals surface area (Å²) in [5.74, 6) is 0.210. The molecule has 1 saturated heterocycles. The Bertz CT molecular complexity index is 385. The quantitative estimate of drug-likeness (QED) is 0.880. The number of amides is 1. The van der Waals surface area contributed by atoms with Gasteiger partial charge in [-0.1, -0.05) is 36.8 Å². The molecule has 1 unspecified atom stereocenters. The number of hydrogen-bond acceptors (Lipinski definition) is 2. The van der Waals surface area contributed by atoms with Gasteiger partial charge in [0.2, 0.25) is 5.91 Å². The first-order valence-electron chi connectivity index (χ1n) is 7.27. The fraction of sp³-hybridized carbons (Fsp3) is 0.562. The van der Waals surface area contributed by atoms with Crippen LogP contribution in [-0.4, -0.2) is 37.0 Å². The monoisotopic (exact) mass is 260 g/mol. The van der Waals surface area contributed by atoms with Gasteiger partial charge < -0.3 is 10.2 Å². The third kappa shape index (κ3) is 4.67. The molecule has 3 nitrogen and oxygen atoms in total. The van der Waals surface area contributed by atoms with Crippen molar-refractivity contribution in [3.05, 3.63) is 35.9 Å². The number of hydrogen-bond donors (Lipinski definition) is 1. The second-order valence-corrected chi connectivity index (χ2v) is 5.41. The summed E-state index contributed by atoms with van der Waals surface area (Å²) in [4.78, 5) is 14.0. The Labute approximate surface area is 116 Å². The van der Waals surface area contributed by atoms with Crippen molar-refractivity contribution in [2.75, 3.05) is 20.1 Å². The molecule has 1 aromatic carbocycles. The lowest BCUT2D eigenvalue weighted by atomic mass is 10.0. The molecule has 0 aliphatic carbocycles. The zero-order valence-corrected chi connectivity index (χ0v) is 11.8. The highest BCUT2D eigenvalue weighted by atomic mass is 16.2. The minimum absolute atomic E-state index is 0.210. The minimum Gasteiger partial charge on any atom is -0.345 e. The van der Waals surface area contributed by atoms with Gasteiger partial charge in [0.25, 0.3) is 0 Å². The van der Waals surface area contributed by atoms with Crippen molar-refractivity contribution < 1.29 is 4.79 Å². The molecular weight excluding hydrogens is 236 g/mol. The van der Waals surface area contributed by atoms with Crippen molar-refractivity contribution in [1.29, 1.82) is 0 Å². The Kier molecular flexibility index (Phi) is 5.40. The van der Waals surface area contributed by atoms with Gasteiger partial charge in [-0.2, -0.15) is 0 Å². The summed E-state index contributed by atoms with van der Waals surface area (Å²) in [6, 6.07) is 10.6. The summed E-state index contributed by atoms with van der Waals surface area (Å²) in [5, 5.41) is 3.53. The van der Waals surface area contributed by atoms with Gasteiger partial charge in [-0.05, 0) is 31.4 Å². The van der Waals surface area contributed by atoms with Crippen LogP contribution >= 0.6 is 0 Å². The van der Waals surface area contributed by atoms with Crippen LogP contribution < -0.4 is 5.32 Å². The number of benzene rings is 1. The van der Waals surface area contributed by atoms with Crippen LogP contribution in [0.15, 0.2) is 30.3 Å². The van der Waals surface area contributed by atoms with E-state index in [1.165, 1.54) is 19.3 Å². The molecule has 0 aromatic heterocycles. The van der Waals surface area contributed by atoms with Crippen LogP contribution in [0.2, 0.25) is 0 Å². The second kappa shape index (κ2) is 7.29. The first-order valence-corrected chi connectivity index (χ1v) is 7.27. The van der Waals surface area contributed by atoms with E-state index in [-0.39, 0.29) is 5.91 Å². The van der Waals surface area contributed by atoms with Gasteiger partial charge in [-0.25, -0.2) is 0 Å². The molecule has 3 heteroatoms. The molecule has 0 spiro atoms. The van der Waals surface area contributed by atoms with E-state index in [2.05, 4.69) is 5.32 Å². The number of carbonyl (C=O) groups is 1.